The number of carbonyl (C=O) groups excluding carboxylic acids is 1. The zero-order chi connectivity index (χ0) is 22.1. The van der Waals surface area contributed by atoms with E-state index in [4.69, 9.17) is 0 Å². The third-order valence-electron chi connectivity index (χ3n) is 5.94. The number of para-hydroxylation sites is 1. The Morgan fingerprint density at radius 2 is 1.81 bits per heavy atom. The number of halogens is 1. The Kier molecular flexibility index (Phi) is 5.23. The average molecular weight is 426 g/mol. The van der Waals surface area contributed by atoms with Crippen molar-refractivity contribution in [1.82, 2.24) is 14.8 Å². The fraction of sp³-hybridized carbons (Fsp3) is 0.148. The Balaban J connectivity index is 1.55. The molecule has 3 aromatic carbocycles. The normalized spacial score (nSPS) is 14.9. The van der Waals surface area contributed by atoms with Crippen LogP contribution in [0.3, 0.4) is 0 Å². The lowest BCUT2D eigenvalue weighted by atomic mass is 10.00. The van der Waals surface area contributed by atoms with Crippen molar-refractivity contribution < 1.29 is 9.18 Å². The Morgan fingerprint density at radius 3 is 2.62 bits per heavy atom. The number of rotatable bonds is 3. The molecule has 160 valence electrons. The van der Waals surface area contributed by atoms with Crippen LogP contribution in [-0.4, -0.2) is 15.5 Å². The van der Waals surface area contributed by atoms with Crippen molar-refractivity contribution in [2.45, 2.75) is 26.1 Å². The molecule has 0 saturated carbocycles. The maximum Gasteiger partial charge on any atom is 0.318 e. The summed E-state index contributed by atoms with van der Waals surface area (Å²) in [5, 5.41) is 3.04. The molecule has 0 radical (unpaired) electrons. The van der Waals surface area contributed by atoms with Gasteiger partial charge in [0, 0.05) is 18.4 Å². The van der Waals surface area contributed by atoms with Gasteiger partial charge in [0.25, 0.3) is 0 Å². The summed E-state index contributed by atoms with van der Waals surface area (Å²) in [7, 11) is 0. The standard InChI is InChI=1S/C27H24FN3O/c1-19-6-4-8-21(16-19)26-25-10-5-15-30(25)24-9-3-2-7-22(24)18-31(26)27(32)29-17-20-11-13-23(28)14-12-20/h2-16,26H,17-18H2,1H3,(H,29,32). The van der Waals surface area contributed by atoms with Crippen LogP contribution >= 0.6 is 0 Å². The molecule has 1 unspecified atom stereocenters. The molecule has 0 saturated heterocycles. The van der Waals surface area contributed by atoms with Gasteiger partial charge in [-0.15, -0.1) is 0 Å². The summed E-state index contributed by atoms with van der Waals surface area (Å²) >= 11 is 0. The van der Waals surface area contributed by atoms with Crippen LogP contribution < -0.4 is 5.32 Å². The summed E-state index contributed by atoms with van der Waals surface area (Å²) in [6.07, 6.45) is 2.05. The molecule has 4 aromatic rings. The number of nitrogens with zero attached hydrogens (tertiary/aromatic N) is 2. The van der Waals surface area contributed by atoms with E-state index in [9.17, 15) is 9.18 Å². The molecule has 0 spiro atoms. The largest absolute Gasteiger partial charge is 0.334 e. The van der Waals surface area contributed by atoms with Crippen LogP contribution in [0.2, 0.25) is 0 Å². The van der Waals surface area contributed by atoms with Gasteiger partial charge in [0.2, 0.25) is 0 Å². The second-order valence-electron chi connectivity index (χ2n) is 8.16. The first-order valence-corrected chi connectivity index (χ1v) is 10.7. The highest BCUT2D eigenvalue weighted by molar-refractivity contribution is 5.76. The molecule has 1 atom stereocenters. The van der Waals surface area contributed by atoms with Gasteiger partial charge in [-0.2, -0.15) is 0 Å². The maximum absolute atomic E-state index is 13.5. The zero-order valence-electron chi connectivity index (χ0n) is 17.8. The van der Waals surface area contributed by atoms with Crippen LogP contribution in [0.1, 0.15) is 34.0 Å². The highest BCUT2D eigenvalue weighted by Crippen LogP contribution is 2.36. The molecular formula is C27H24FN3O. The molecule has 1 aliphatic rings. The van der Waals surface area contributed by atoms with Gasteiger partial charge < -0.3 is 14.8 Å². The average Bonchev–Trinajstić information content (AvgIpc) is 3.22. The van der Waals surface area contributed by atoms with Gasteiger partial charge in [-0.3, -0.25) is 0 Å². The summed E-state index contributed by atoms with van der Waals surface area (Å²) in [6.45, 7) is 2.87. The Labute approximate surface area is 186 Å². The summed E-state index contributed by atoms with van der Waals surface area (Å²) in [5.74, 6) is -0.288. The number of hydrogen-bond donors (Lipinski definition) is 1. The Hall–Kier alpha value is -3.86. The fourth-order valence-electron chi connectivity index (χ4n) is 4.41. The topological polar surface area (TPSA) is 37.3 Å². The van der Waals surface area contributed by atoms with E-state index in [0.717, 1.165) is 33.6 Å². The van der Waals surface area contributed by atoms with E-state index in [1.165, 1.54) is 12.1 Å². The molecule has 2 amide bonds. The number of carbonyl (C=O) groups is 1. The zero-order valence-corrected chi connectivity index (χ0v) is 17.8. The quantitative estimate of drug-likeness (QED) is 0.447. The molecule has 1 aromatic heterocycles. The van der Waals surface area contributed by atoms with Gasteiger partial charge in [0.15, 0.2) is 0 Å². The van der Waals surface area contributed by atoms with Crippen molar-refractivity contribution in [2.24, 2.45) is 0 Å². The van der Waals surface area contributed by atoms with Gasteiger partial charge in [0.05, 0.1) is 18.3 Å². The lowest BCUT2D eigenvalue weighted by molar-refractivity contribution is 0.180. The molecule has 0 bridgehead atoms. The minimum Gasteiger partial charge on any atom is -0.334 e. The number of benzene rings is 3. The molecule has 4 nitrogen and oxygen atoms in total. The first-order chi connectivity index (χ1) is 15.6. The number of hydrogen-bond acceptors (Lipinski definition) is 1. The molecule has 0 fully saturated rings. The summed E-state index contributed by atoms with van der Waals surface area (Å²) in [6, 6.07) is 26.4. The molecule has 32 heavy (non-hydrogen) atoms. The Bertz CT molecular complexity index is 1260. The van der Waals surface area contributed by atoms with Crippen molar-refractivity contribution >= 4 is 6.03 Å². The summed E-state index contributed by atoms with van der Waals surface area (Å²) < 4.78 is 15.4. The van der Waals surface area contributed by atoms with Crippen LogP contribution in [0.4, 0.5) is 9.18 Å². The van der Waals surface area contributed by atoms with Gasteiger partial charge in [-0.05, 0) is 53.9 Å². The van der Waals surface area contributed by atoms with Crippen LogP contribution in [-0.2, 0) is 13.1 Å². The van der Waals surface area contributed by atoms with Gasteiger partial charge >= 0.3 is 6.03 Å². The smallest absolute Gasteiger partial charge is 0.318 e. The highest BCUT2D eigenvalue weighted by atomic mass is 19.1. The van der Waals surface area contributed by atoms with E-state index < -0.39 is 0 Å². The van der Waals surface area contributed by atoms with Gasteiger partial charge in [-0.1, -0.05) is 60.2 Å². The minimum atomic E-state index is -0.288. The van der Waals surface area contributed by atoms with Crippen molar-refractivity contribution in [2.75, 3.05) is 0 Å². The van der Waals surface area contributed by atoms with Crippen molar-refractivity contribution in [3.05, 3.63) is 125 Å². The monoisotopic (exact) mass is 425 g/mol. The summed E-state index contributed by atoms with van der Waals surface area (Å²) in [5.41, 5.74) is 6.27. The molecule has 2 heterocycles. The number of urea groups is 1. The van der Waals surface area contributed by atoms with E-state index >= 15 is 0 Å². The molecule has 0 aliphatic carbocycles. The van der Waals surface area contributed by atoms with Crippen molar-refractivity contribution in [3.8, 4) is 5.69 Å². The van der Waals surface area contributed by atoms with E-state index in [-0.39, 0.29) is 17.9 Å². The summed E-state index contributed by atoms with van der Waals surface area (Å²) in [4.78, 5) is 15.4. The second kappa shape index (κ2) is 8.35. The molecular weight excluding hydrogens is 401 g/mol. The third kappa shape index (κ3) is 3.78. The van der Waals surface area contributed by atoms with E-state index in [0.29, 0.717) is 13.1 Å². The van der Waals surface area contributed by atoms with Crippen LogP contribution in [0.5, 0.6) is 0 Å². The van der Waals surface area contributed by atoms with Crippen molar-refractivity contribution in [3.63, 3.8) is 0 Å². The van der Waals surface area contributed by atoms with E-state index in [1.807, 2.05) is 29.2 Å². The lowest BCUT2D eigenvalue weighted by Gasteiger charge is -2.31. The maximum atomic E-state index is 13.5. The number of amides is 2. The number of fused-ring (bicyclic) bond motifs is 3. The van der Waals surface area contributed by atoms with Crippen molar-refractivity contribution in [1.29, 1.82) is 0 Å². The predicted octanol–water partition coefficient (Wildman–Crippen LogP) is 5.74. The fourth-order valence-corrected chi connectivity index (χ4v) is 4.41. The minimum absolute atomic E-state index is 0.162. The Morgan fingerprint density at radius 1 is 1.00 bits per heavy atom. The SMILES string of the molecule is Cc1cccc(C2c3cccn3-c3ccccc3CN2C(=O)NCc2ccc(F)cc2)c1. The lowest BCUT2D eigenvalue weighted by Crippen LogP contribution is -2.41. The molecule has 1 N–H and O–H groups in total. The number of aromatic nitrogens is 1. The molecule has 5 rings (SSSR count). The first kappa shape index (κ1) is 20.1. The highest BCUT2D eigenvalue weighted by Gasteiger charge is 2.32. The van der Waals surface area contributed by atoms with E-state index in [1.54, 1.807) is 12.1 Å². The second-order valence-corrected chi connectivity index (χ2v) is 8.16. The van der Waals surface area contributed by atoms with Crippen LogP contribution in [0, 0.1) is 12.7 Å². The number of nitrogens with one attached hydrogen (secondary N) is 1. The van der Waals surface area contributed by atoms with E-state index in [2.05, 4.69) is 59.4 Å². The van der Waals surface area contributed by atoms with Gasteiger partial charge in [0.1, 0.15) is 5.82 Å². The number of aryl methyl sites for hydroxylation is 1. The first-order valence-electron chi connectivity index (χ1n) is 10.7. The molecule has 5 heteroatoms. The van der Waals surface area contributed by atoms with Crippen LogP contribution in [0.25, 0.3) is 5.69 Å². The predicted molar refractivity (Wildman–Crippen MR) is 123 cm³/mol. The third-order valence-corrected chi connectivity index (χ3v) is 5.94. The van der Waals surface area contributed by atoms with Gasteiger partial charge in [-0.25, -0.2) is 9.18 Å². The van der Waals surface area contributed by atoms with Crippen LogP contribution in [0.15, 0.2) is 91.1 Å². The molecule has 1 aliphatic heterocycles.